The van der Waals surface area contributed by atoms with Crippen molar-refractivity contribution in [3.63, 3.8) is 0 Å². The first kappa shape index (κ1) is 16.9. The highest BCUT2D eigenvalue weighted by Crippen LogP contribution is 2.29. The smallest absolute Gasteiger partial charge is 0.187 e. The van der Waals surface area contributed by atoms with Crippen LogP contribution >= 0.6 is 11.3 Å². The fourth-order valence-electron chi connectivity index (χ4n) is 2.23. The van der Waals surface area contributed by atoms with Crippen molar-refractivity contribution in [2.45, 2.75) is 6.61 Å². The molecule has 2 aromatic heterocycles. The van der Waals surface area contributed by atoms with Gasteiger partial charge in [-0.05, 0) is 47.4 Å². The number of hydrogen-bond donors (Lipinski definition) is 0. The molecular formula is C20H17NO3S. The molecule has 25 heavy (non-hydrogen) atoms. The van der Waals surface area contributed by atoms with Gasteiger partial charge in [-0.15, -0.1) is 11.3 Å². The Kier molecular flexibility index (Phi) is 5.59. The summed E-state index contributed by atoms with van der Waals surface area (Å²) in [6, 6.07) is 13.1. The van der Waals surface area contributed by atoms with E-state index in [9.17, 15) is 4.79 Å². The Morgan fingerprint density at radius 3 is 2.84 bits per heavy atom. The number of hydrogen-bond acceptors (Lipinski definition) is 5. The third-order valence-electron chi connectivity index (χ3n) is 3.51. The summed E-state index contributed by atoms with van der Waals surface area (Å²) in [6.07, 6.45) is 6.47. The Labute approximate surface area is 150 Å². The van der Waals surface area contributed by atoms with E-state index in [1.54, 1.807) is 49.0 Å². The summed E-state index contributed by atoms with van der Waals surface area (Å²) < 4.78 is 11.2. The second-order valence-electron chi connectivity index (χ2n) is 5.22. The normalized spacial score (nSPS) is 10.8. The van der Waals surface area contributed by atoms with Crippen LogP contribution in [0.2, 0.25) is 0 Å². The number of carbonyl (C=O) groups excluding carboxylic acids is 1. The van der Waals surface area contributed by atoms with Crippen LogP contribution in [0.25, 0.3) is 6.08 Å². The van der Waals surface area contributed by atoms with E-state index in [1.165, 1.54) is 6.08 Å². The van der Waals surface area contributed by atoms with Gasteiger partial charge in [-0.25, -0.2) is 0 Å². The molecule has 0 saturated heterocycles. The van der Waals surface area contributed by atoms with Crippen molar-refractivity contribution < 1.29 is 14.3 Å². The predicted molar refractivity (Wildman–Crippen MR) is 99.2 cm³/mol. The van der Waals surface area contributed by atoms with Gasteiger partial charge in [0.1, 0.15) is 6.61 Å². The van der Waals surface area contributed by atoms with Crippen molar-refractivity contribution in [2.75, 3.05) is 7.11 Å². The minimum Gasteiger partial charge on any atom is -0.493 e. The third kappa shape index (κ3) is 4.55. The molecule has 0 aliphatic heterocycles. The van der Waals surface area contributed by atoms with E-state index in [1.807, 2.05) is 35.7 Å². The van der Waals surface area contributed by atoms with Gasteiger partial charge in [0.05, 0.1) is 7.11 Å². The van der Waals surface area contributed by atoms with Crippen LogP contribution in [0.3, 0.4) is 0 Å². The van der Waals surface area contributed by atoms with Crippen LogP contribution in [0, 0.1) is 0 Å². The molecule has 0 aliphatic rings. The van der Waals surface area contributed by atoms with E-state index in [2.05, 4.69) is 4.98 Å². The summed E-state index contributed by atoms with van der Waals surface area (Å²) >= 11 is 1.65. The number of pyridine rings is 1. The molecule has 0 spiro atoms. The van der Waals surface area contributed by atoms with Gasteiger partial charge in [0, 0.05) is 22.8 Å². The Hall–Kier alpha value is -2.92. The maximum atomic E-state index is 12.1. The van der Waals surface area contributed by atoms with Crippen LogP contribution < -0.4 is 9.47 Å². The lowest BCUT2D eigenvalue weighted by atomic mass is 10.1. The lowest BCUT2D eigenvalue weighted by molar-refractivity contribution is 0.104. The van der Waals surface area contributed by atoms with Crippen molar-refractivity contribution in [3.05, 3.63) is 82.3 Å². The number of nitrogens with zero attached hydrogens (tertiary/aromatic N) is 1. The molecule has 3 rings (SSSR count). The molecule has 0 bridgehead atoms. The molecule has 1 aromatic carbocycles. The van der Waals surface area contributed by atoms with Crippen LogP contribution in [0.5, 0.6) is 11.5 Å². The summed E-state index contributed by atoms with van der Waals surface area (Å²) in [4.78, 5) is 17.2. The molecule has 0 radical (unpaired) electrons. The maximum absolute atomic E-state index is 12.1. The van der Waals surface area contributed by atoms with E-state index in [0.717, 1.165) is 10.4 Å². The standard InChI is InChI=1S/C20H17NO3S/c1-23-20-12-15(6-8-18(22)16-4-2-10-21-13-16)7-9-19(20)24-14-17-5-3-11-25-17/h2-13H,14H2,1H3/b8-6+. The van der Waals surface area contributed by atoms with Gasteiger partial charge in [-0.1, -0.05) is 18.2 Å². The monoisotopic (exact) mass is 351 g/mol. The zero-order valence-corrected chi connectivity index (χ0v) is 14.5. The van der Waals surface area contributed by atoms with E-state index in [0.29, 0.717) is 23.7 Å². The number of rotatable bonds is 7. The second kappa shape index (κ2) is 8.26. The Morgan fingerprint density at radius 1 is 1.20 bits per heavy atom. The van der Waals surface area contributed by atoms with Crippen molar-refractivity contribution in [1.82, 2.24) is 4.98 Å². The molecular weight excluding hydrogens is 334 g/mol. The Bertz CT molecular complexity index is 858. The van der Waals surface area contributed by atoms with Crippen LogP contribution in [-0.4, -0.2) is 17.9 Å². The number of methoxy groups -OCH3 is 1. The SMILES string of the molecule is COc1cc(/C=C/C(=O)c2cccnc2)ccc1OCc1cccs1. The zero-order valence-electron chi connectivity index (χ0n) is 13.7. The number of ether oxygens (including phenoxy) is 2. The average molecular weight is 351 g/mol. The van der Waals surface area contributed by atoms with Crippen LogP contribution in [0.1, 0.15) is 20.8 Å². The van der Waals surface area contributed by atoms with Gasteiger partial charge in [-0.3, -0.25) is 9.78 Å². The van der Waals surface area contributed by atoms with Crippen LogP contribution in [0.4, 0.5) is 0 Å². The molecule has 0 amide bonds. The number of carbonyl (C=O) groups is 1. The van der Waals surface area contributed by atoms with Gasteiger partial charge in [-0.2, -0.15) is 0 Å². The largest absolute Gasteiger partial charge is 0.493 e. The molecule has 2 heterocycles. The molecule has 0 unspecified atom stereocenters. The summed E-state index contributed by atoms with van der Waals surface area (Å²) in [6.45, 7) is 0.503. The van der Waals surface area contributed by atoms with Crippen molar-refractivity contribution in [3.8, 4) is 11.5 Å². The van der Waals surface area contributed by atoms with Gasteiger partial charge in [0.25, 0.3) is 0 Å². The highest BCUT2D eigenvalue weighted by atomic mass is 32.1. The molecule has 0 fully saturated rings. The van der Waals surface area contributed by atoms with Gasteiger partial charge in [0.2, 0.25) is 0 Å². The topological polar surface area (TPSA) is 48.4 Å². The lowest BCUT2D eigenvalue weighted by Crippen LogP contribution is -1.96. The summed E-state index contributed by atoms with van der Waals surface area (Å²) in [7, 11) is 1.60. The van der Waals surface area contributed by atoms with Crippen molar-refractivity contribution >= 4 is 23.2 Å². The maximum Gasteiger partial charge on any atom is 0.187 e. The third-order valence-corrected chi connectivity index (χ3v) is 4.36. The Morgan fingerprint density at radius 2 is 2.12 bits per heavy atom. The van der Waals surface area contributed by atoms with Crippen LogP contribution in [0.15, 0.2) is 66.3 Å². The van der Waals surface area contributed by atoms with Gasteiger partial charge in [0.15, 0.2) is 17.3 Å². The molecule has 5 heteroatoms. The summed E-state index contributed by atoms with van der Waals surface area (Å²) in [5, 5.41) is 2.02. The van der Waals surface area contributed by atoms with E-state index < -0.39 is 0 Å². The summed E-state index contributed by atoms with van der Waals surface area (Å²) in [5.74, 6) is 1.21. The molecule has 0 saturated carbocycles. The zero-order chi connectivity index (χ0) is 17.5. The minimum absolute atomic E-state index is 0.0925. The number of aromatic nitrogens is 1. The van der Waals surface area contributed by atoms with Crippen molar-refractivity contribution in [2.24, 2.45) is 0 Å². The number of benzene rings is 1. The molecule has 3 aromatic rings. The fraction of sp³-hybridized carbons (Fsp3) is 0.100. The van der Waals surface area contributed by atoms with E-state index in [4.69, 9.17) is 9.47 Å². The first-order chi connectivity index (χ1) is 12.3. The molecule has 0 aliphatic carbocycles. The van der Waals surface area contributed by atoms with Crippen molar-refractivity contribution in [1.29, 1.82) is 0 Å². The minimum atomic E-state index is -0.0925. The molecule has 126 valence electrons. The first-order valence-electron chi connectivity index (χ1n) is 7.72. The van der Waals surface area contributed by atoms with Crippen LogP contribution in [-0.2, 0) is 6.61 Å². The average Bonchev–Trinajstić information content (AvgIpc) is 3.19. The first-order valence-corrected chi connectivity index (χ1v) is 8.60. The quantitative estimate of drug-likeness (QED) is 0.460. The fourth-order valence-corrected chi connectivity index (χ4v) is 2.84. The van der Waals surface area contributed by atoms with E-state index in [-0.39, 0.29) is 5.78 Å². The van der Waals surface area contributed by atoms with Gasteiger partial charge < -0.3 is 9.47 Å². The molecule has 0 N–H and O–H groups in total. The number of allylic oxidation sites excluding steroid dienone is 1. The lowest BCUT2D eigenvalue weighted by Gasteiger charge is -2.10. The number of ketones is 1. The Balaban J connectivity index is 1.70. The molecule has 0 atom stereocenters. The highest BCUT2D eigenvalue weighted by Gasteiger charge is 2.06. The van der Waals surface area contributed by atoms with E-state index >= 15 is 0 Å². The highest BCUT2D eigenvalue weighted by molar-refractivity contribution is 7.09. The summed E-state index contributed by atoms with van der Waals surface area (Å²) in [5.41, 5.74) is 1.42. The number of thiophene rings is 1. The molecule has 4 nitrogen and oxygen atoms in total. The second-order valence-corrected chi connectivity index (χ2v) is 6.25. The predicted octanol–water partition coefficient (Wildman–Crippen LogP) is 4.63. The van der Waals surface area contributed by atoms with Gasteiger partial charge >= 0.3 is 0 Å².